The Morgan fingerprint density at radius 3 is 2.62 bits per heavy atom. The van der Waals surface area contributed by atoms with E-state index in [9.17, 15) is 0 Å². The molecule has 1 aromatic carbocycles. The quantitative estimate of drug-likeness (QED) is 0.677. The lowest BCUT2D eigenvalue weighted by Gasteiger charge is -2.13. The van der Waals surface area contributed by atoms with Gasteiger partial charge in [0.25, 0.3) is 0 Å². The van der Waals surface area contributed by atoms with Gasteiger partial charge in [0, 0.05) is 11.7 Å². The highest BCUT2D eigenvalue weighted by Gasteiger charge is 2.30. The second kappa shape index (κ2) is 3.04. The van der Waals surface area contributed by atoms with Gasteiger partial charge in [-0.05, 0) is 48.9 Å². The Labute approximate surface area is 78.9 Å². The minimum absolute atomic E-state index is 0.223. The predicted molar refractivity (Wildman–Crippen MR) is 55.2 cm³/mol. The van der Waals surface area contributed by atoms with Gasteiger partial charge < -0.3 is 11.5 Å². The standard InChI is InChI=1S/C11H16N2/c1-7-6-9(12)4-5-10(7)11(13)8-2-3-8/h4-6,8,11H,2-3,12-13H2,1H3. The van der Waals surface area contributed by atoms with Crippen molar-refractivity contribution in [1.82, 2.24) is 0 Å². The van der Waals surface area contributed by atoms with Crippen LogP contribution in [0.4, 0.5) is 5.69 Å². The molecule has 1 aliphatic carbocycles. The van der Waals surface area contributed by atoms with Crippen LogP contribution in [-0.4, -0.2) is 0 Å². The van der Waals surface area contributed by atoms with Gasteiger partial charge >= 0.3 is 0 Å². The summed E-state index contributed by atoms with van der Waals surface area (Å²) in [7, 11) is 0. The number of hydrogen-bond acceptors (Lipinski definition) is 2. The Morgan fingerprint density at radius 2 is 2.08 bits per heavy atom. The van der Waals surface area contributed by atoms with E-state index in [0.717, 1.165) is 5.69 Å². The Kier molecular flexibility index (Phi) is 2.00. The van der Waals surface area contributed by atoms with Crippen LogP contribution in [0.25, 0.3) is 0 Å². The number of nitrogens with two attached hydrogens (primary N) is 2. The maximum Gasteiger partial charge on any atom is 0.0326 e. The predicted octanol–water partition coefficient (Wildman–Crippen LogP) is 1.99. The van der Waals surface area contributed by atoms with Gasteiger partial charge in [-0.1, -0.05) is 6.07 Å². The fraction of sp³-hybridized carbons (Fsp3) is 0.455. The highest BCUT2D eigenvalue weighted by atomic mass is 14.7. The first-order chi connectivity index (χ1) is 6.18. The van der Waals surface area contributed by atoms with E-state index in [1.165, 1.54) is 24.0 Å². The smallest absolute Gasteiger partial charge is 0.0326 e. The van der Waals surface area contributed by atoms with E-state index in [0.29, 0.717) is 5.92 Å². The number of aryl methyl sites for hydroxylation is 1. The molecule has 0 radical (unpaired) electrons. The Hall–Kier alpha value is -1.02. The summed E-state index contributed by atoms with van der Waals surface area (Å²) in [5.41, 5.74) is 15.1. The summed E-state index contributed by atoms with van der Waals surface area (Å²) in [4.78, 5) is 0. The number of hydrogen-bond donors (Lipinski definition) is 2. The molecule has 70 valence electrons. The summed E-state index contributed by atoms with van der Waals surface area (Å²) in [6.45, 7) is 2.08. The van der Waals surface area contributed by atoms with Crippen LogP contribution >= 0.6 is 0 Å². The van der Waals surface area contributed by atoms with E-state index in [2.05, 4.69) is 13.0 Å². The van der Waals surface area contributed by atoms with E-state index in [-0.39, 0.29) is 6.04 Å². The largest absolute Gasteiger partial charge is 0.399 e. The van der Waals surface area contributed by atoms with Crippen molar-refractivity contribution in [2.75, 3.05) is 5.73 Å². The van der Waals surface area contributed by atoms with Crippen LogP contribution in [0.2, 0.25) is 0 Å². The maximum absolute atomic E-state index is 6.11. The van der Waals surface area contributed by atoms with Crippen molar-refractivity contribution in [2.45, 2.75) is 25.8 Å². The molecule has 0 amide bonds. The molecule has 4 N–H and O–H groups in total. The monoisotopic (exact) mass is 176 g/mol. The van der Waals surface area contributed by atoms with Gasteiger partial charge in [0.1, 0.15) is 0 Å². The average molecular weight is 176 g/mol. The SMILES string of the molecule is Cc1cc(N)ccc1C(N)C1CC1. The van der Waals surface area contributed by atoms with Crippen LogP contribution in [-0.2, 0) is 0 Å². The topological polar surface area (TPSA) is 52.0 Å². The molecule has 1 aliphatic rings. The highest BCUT2D eigenvalue weighted by Crippen LogP contribution is 2.40. The van der Waals surface area contributed by atoms with Crippen LogP contribution < -0.4 is 11.5 Å². The zero-order valence-electron chi connectivity index (χ0n) is 7.96. The number of rotatable bonds is 2. The van der Waals surface area contributed by atoms with Gasteiger partial charge in [0.05, 0.1) is 0 Å². The minimum atomic E-state index is 0.223. The second-order valence-corrected chi connectivity index (χ2v) is 3.98. The zero-order valence-corrected chi connectivity index (χ0v) is 7.96. The molecule has 0 heterocycles. The Bertz CT molecular complexity index is 316. The first-order valence-electron chi connectivity index (χ1n) is 4.80. The van der Waals surface area contributed by atoms with Crippen molar-refractivity contribution in [3.05, 3.63) is 29.3 Å². The number of benzene rings is 1. The van der Waals surface area contributed by atoms with Crippen LogP contribution in [0.1, 0.15) is 30.0 Å². The van der Waals surface area contributed by atoms with Crippen LogP contribution in [0.15, 0.2) is 18.2 Å². The fourth-order valence-corrected chi connectivity index (χ4v) is 1.78. The molecular formula is C11H16N2. The second-order valence-electron chi connectivity index (χ2n) is 3.98. The Balaban J connectivity index is 2.28. The van der Waals surface area contributed by atoms with Gasteiger partial charge in [0.15, 0.2) is 0 Å². The number of anilines is 1. The molecule has 0 aromatic heterocycles. The highest BCUT2D eigenvalue weighted by molar-refractivity contribution is 5.45. The van der Waals surface area contributed by atoms with Gasteiger partial charge in [-0.3, -0.25) is 0 Å². The third-order valence-electron chi connectivity index (χ3n) is 2.78. The Morgan fingerprint density at radius 1 is 1.38 bits per heavy atom. The van der Waals surface area contributed by atoms with Gasteiger partial charge in [-0.2, -0.15) is 0 Å². The lowest BCUT2D eigenvalue weighted by Crippen LogP contribution is -2.13. The van der Waals surface area contributed by atoms with Crippen molar-refractivity contribution in [3.8, 4) is 0 Å². The molecule has 2 rings (SSSR count). The van der Waals surface area contributed by atoms with E-state index in [1.807, 2.05) is 12.1 Å². The summed E-state index contributed by atoms with van der Waals surface area (Å²) in [6, 6.07) is 6.22. The lowest BCUT2D eigenvalue weighted by molar-refractivity contribution is 0.630. The number of nitrogen functional groups attached to an aromatic ring is 1. The van der Waals surface area contributed by atoms with Gasteiger partial charge in [-0.15, -0.1) is 0 Å². The van der Waals surface area contributed by atoms with Gasteiger partial charge in [-0.25, -0.2) is 0 Å². The molecule has 1 unspecified atom stereocenters. The lowest BCUT2D eigenvalue weighted by atomic mass is 9.98. The van der Waals surface area contributed by atoms with E-state index < -0.39 is 0 Å². The molecule has 1 saturated carbocycles. The third kappa shape index (κ3) is 1.68. The van der Waals surface area contributed by atoms with Gasteiger partial charge in [0.2, 0.25) is 0 Å². The van der Waals surface area contributed by atoms with E-state index in [1.54, 1.807) is 0 Å². The van der Waals surface area contributed by atoms with Crippen molar-refractivity contribution < 1.29 is 0 Å². The van der Waals surface area contributed by atoms with Crippen molar-refractivity contribution in [2.24, 2.45) is 11.7 Å². The van der Waals surface area contributed by atoms with Crippen molar-refractivity contribution in [1.29, 1.82) is 0 Å². The molecule has 13 heavy (non-hydrogen) atoms. The molecule has 2 heteroatoms. The fourth-order valence-electron chi connectivity index (χ4n) is 1.78. The summed E-state index contributed by atoms with van der Waals surface area (Å²) in [5.74, 6) is 0.710. The molecule has 2 nitrogen and oxygen atoms in total. The first kappa shape index (κ1) is 8.57. The maximum atomic E-state index is 6.11. The molecule has 1 aromatic rings. The molecule has 0 aliphatic heterocycles. The average Bonchev–Trinajstić information content (AvgIpc) is 2.85. The summed E-state index contributed by atoms with van der Waals surface area (Å²) in [6.07, 6.45) is 2.57. The van der Waals surface area contributed by atoms with E-state index >= 15 is 0 Å². The summed E-state index contributed by atoms with van der Waals surface area (Å²) < 4.78 is 0. The molecule has 0 bridgehead atoms. The first-order valence-corrected chi connectivity index (χ1v) is 4.80. The molecule has 0 spiro atoms. The van der Waals surface area contributed by atoms with E-state index in [4.69, 9.17) is 11.5 Å². The van der Waals surface area contributed by atoms with Crippen molar-refractivity contribution >= 4 is 5.69 Å². The zero-order chi connectivity index (χ0) is 9.42. The summed E-state index contributed by atoms with van der Waals surface area (Å²) >= 11 is 0. The van der Waals surface area contributed by atoms with Crippen LogP contribution in [0, 0.1) is 12.8 Å². The van der Waals surface area contributed by atoms with Crippen LogP contribution in [0.3, 0.4) is 0 Å². The molecule has 0 saturated heterocycles. The van der Waals surface area contributed by atoms with Crippen LogP contribution in [0.5, 0.6) is 0 Å². The normalized spacial score (nSPS) is 18.6. The third-order valence-corrected chi connectivity index (χ3v) is 2.78. The molecule has 1 atom stereocenters. The van der Waals surface area contributed by atoms with Crippen molar-refractivity contribution in [3.63, 3.8) is 0 Å². The molecule has 1 fully saturated rings. The summed E-state index contributed by atoms with van der Waals surface area (Å²) in [5, 5.41) is 0. The minimum Gasteiger partial charge on any atom is -0.399 e. The molecular weight excluding hydrogens is 160 g/mol.